The minimum Gasteiger partial charge on any atom is -0.507 e. The number of esters is 1. The van der Waals surface area contributed by atoms with Gasteiger partial charge in [-0.1, -0.05) is 18.6 Å². The van der Waals surface area contributed by atoms with Crippen LogP contribution in [0.5, 0.6) is 17.2 Å². The van der Waals surface area contributed by atoms with Gasteiger partial charge < -0.3 is 30.5 Å². The number of aromatic hydroxyl groups is 1. The highest BCUT2D eigenvalue weighted by molar-refractivity contribution is 6.01. The molecule has 11 heteroatoms. The third-order valence-corrected chi connectivity index (χ3v) is 10.9. The number of phenols is 1. The van der Waals surface area contributed by atoms with Crippen molar-refractivity contribution >= 4 is 23.6 Å². The number of carbonyl (C=O) groups is 4. The number of carboxylic acids is 1. The summed E-state index contributed by atoms with van der Waals surface area (Å²) < 4.78 is 28.9. The van der Waals surface area contributed by atoms with Crippen molar-refractivity contribution < 1.29 is 48.4 Å². The van der Waals surface area contributed by atoms with Crippen LogP contribution in [0.4, 0.5) is 4.39 Å². The number of nitrogens with two attached hydrogens (primary N) is 1. The standard InChI is InChI=1S/C34H34FNO9/c1-31-13-11-20(37)15-19(31)5-9-25-24-12-14-33(30(42)43,32(24,2)17-27(39)34(25,31)35)45-29(41)18-3-6-21(7-4-18)44-22-8-10-26(38)23(16-22)28(36)40/h3-4,6-8,10-11,13,15-16,24-25,27,38-39H,5,9,12,14,17H2,1-2H3,(H2,36,40)(H,42,43)/t24-,25-,27-,31-,32-,33+,34?/m0/s1. The lowest BCUT2D eigenvalue weighted by atomic mass is 9.45. The maximum Gasteiger partial charge on any atom is 0.348 e. The number of aliphatic hydroxyl groups excluding tert-OH is 1. The Labute approximate surface area is 258 Å². The Balaban J connectivity index is 1.25. The molecule has 0 aromatic heterocycles. The number of primary amides is 1. The highest BCUT2D eigenvalue weighted by Crippen LogP contribution is 2.70. The van der Waals surface area contributed by atoms with E-state index in [0.29, 0.717) is 18.4 Å². The summed E-state index contributed by atoms with van der Waals surface area (Å²) in [4.78, 5) is 50.1. The Kier molecular flexibility index (Phi) is 6.96. The first kappa shape index (κ1) is 30.5. The Morgan fingerprint density at radius 3 is 2.38 bits per heavy atom. The normalized spacial score (nSPS) is 35.0. The Morgan fingerprint density at radius 1 is 1.02 bits per heavy atom. The van der Waals surface area contributed by atoms with Crippen LogP contribution in [0.15, 0.2) is 66.3 Å². The van der Waals surface area contributed by atoms with Gasteiger partial charge in [-0.2, -0.15) is 0 Å². The van der Waals surface area contributed by atoms with Gasteiger partial charge >= 0.3 is 11.9 Å². The van der Waals surface area contributed by atoms with E-state index in [1.807, 2.05) is 0 Å². The van der Waals surface area contributed by atoms with Crippen LogP contribution >= 0.6 is 0 Å². The van der Waals surface area contributed by atoms with Crippen LogP contribution in [0.3, 0.4) is 0 Å². The molecule has 3 fully saturated rings. The van der Waals surface area contributed by atoms with Gasteiger partial charge in [0.25, 0.3) is 5.91 Å². The predicted octanol–water partition coefficient (Wildman–Crippen LogP) is 4.63. The topological polar surface area (TPSA) is 173 Å². The van der Waals surface area contributed by atoms with Crippen molar-refractivity contribution in [2.75, 3.05) is 0 Å². The lowest BCUT2D eigenvalue weighted by Gasteiger charge is -2.62. The van der Waals surface area contributed by atoms with Gasteiger partial charge in [0, 0.05) is 16.7 Å². The average molecular weight is 620 g/mol. The molecule has 1 amide bonds. The average Bonchev–Trinajstić information content (AvgIpc) is 3.27. The van der Waals surface area contributed by atoms with E-state index in [4.69, 9.17) is 15.2 Å². The first-order valence-electron chi connectivity index (χ1n) is 14.8. The van der Waals surface area contributed by atoms with E-state index in [9.17, 15) is 34.5 Å². The first-order valence-corrected chi connectivity index (χ1v) is 14.8. The summed E-state index contributed by atoms with van der Waals surface area (Å²) in [5.41, 5.74) is -0.842. The number of amides is 1. The molecular weight excluding hydrogens is 585 g/mol. The van der Waals surface area contributed by atoms with Gasteiger partial charge in [-0.15, -0.1) is 0 Å². The summed E-state index contributed by atoms with van der Waals surface area (Å²) in [6, 6.07) is 9.66. The molecule has 6 rings (SSSR count). The number of allylic oxidation sites excluding steroid dienone is 4. The van der Waals surface area contributed by atoms with Crippen LogP contribution in [0.25, 0.3) is 0 Å². The minimum atomic E-state index is -2.14. The van der Waals surface area contributed by atoms with E-state index >= 15 is 4.39 Å². The number of aliphatic hydroxyl groups is 1. The fourth-order valence-corrected chi connectivity index (χ4v) is 8.55. The number of benzene rings is 2. The highest BCUT2D eigenvalue weighted by atomic mass is 19.1. The van der Waals surface area contributed by atoms with Gasteiger partial charge in [-0.05, 0) is 99.6 Å². The van der Waals surface area contributed by atoms with Crippen LogP contribution in [-0.4, -0.2) is 56.3 Å². The van der Waals surface area contributed by atoms with E-state index in [-0.39, 0.29) is 53.4 Å². The van der Waals surface area contributed by atoms with Crippen LogP contribution in [0.1, 0.15) is 66.7 Å². The lowest BCUT2D eigenvalue weighted by molar-refractivity contribution is -0.222. The van der Waals surface area contributed by atoms with Crippen molar-refractivity contribution in [1.82, 2.24) is 0 Å². The highest BCUT2D eigenvalue weighted by Gasteiger charge is 2.76. The van der Waals surface area contributed by atoms with E-state index in [1.54, 1.807) is 13.8 Å². The molecule has 5 N–H and O–H groups in total. The molecule has 0 radical (unpaired) electrons. The molecule has 3 saturated carbocycles. The SMILES string of the molecule is C[C@]12C=CC(=O)C=C1CC[C@H]1[C@@H]3CC[C@@](OC(=O)c4ccc(Oc5ccc(O)c(C(N)=O)c5)cc4)(C(=O)O)[C@@]3(C)C[C@H](O)C12F. The van der Waals surface area contributed by atoms with Gasteiger partial charge in [-0.3, -0.25) is 9.59 Å². The van der Waals surface area contributed by atoms with Crippen molar-refractivity contribution in [2.45, 2.75) is 63.3 Å². The quantitative estimate of drug-likeness (QED) is 0.336. The number of alkyl halides is 1. The molecule has 0 spiro atoms. The van der Waals surface area contributed by atoms with Gasteiger partial charge in [0.15, 0.2) is 11.5 Å². The minimum absolute atomic E-state index is 0.0479. The Hall–Kier alpha value is -4.51. The number of aliphatic carboxylic acids is 1. The monoisotopic (exact) mass is 619 g/mol. The largest absolute Gasteiger partial charge is 0.507 e. The summed E-state index contributed by atoms with van der Waals surface area (Å²) >= 11 is 0. The van der Waals surface area contributed by atoms with Gasteiger partial charge in [0.05, 0.1) is 17.2 Å². The zero-order valence-electron chi connectivity index (χ0n) is 24.8. The molecule has 0 saturated heterocycles. The second-order valence-corrected chi connectivity index (χ2v) is 13.0. The van der Waals surface area contributed by atoms with Crippen molar-refractivity contribution in [3.8, 4) is 17.2 Å². The second-order valence-electron chi connectivity index (χ2n) is 13.0. The summed E-state index contributed by atoms with van der Waals surface area (Å²) in [6.45, 7) is 3.35. The maximum atomic E-state index is 17.4. The molecule has 0 aliphatic heterocycles. The zero-order chi connectivity index (χ0) is 32.5. The lowest BCUT2D eigenvalue weighted by Crippen LogP contribution is -2.69. The fourth-order valence-electron chi connectivity index (χ4n) is 8.55. The number of hydrogen-bond donors (Lipinski definition) is 4. The van der Waals surface area contributed by atoms with Gasteiger partial charge in [0.2, 0.25) is 5.60 Å². The van der Waals surface area contributed by atoms with Crippen LogP contribution in [0.2, 0.25) is 0 Å². The molecule has 2 aromatic rings. The van der Waals surface area contributed by atoms with Crippen LogP contribution in [-0.2, 0) is 14.3 Å². The van der Waals surface area contributed by atoms with E-state index in [1.165, 1.54) is 60.7 Å². The summed E-state index contributed by atoms with van der Waals surface area (Å²) in [6.07, 6.45) is 3.47. The van der Waals surface area contributed by atoms with Crippen molar-refractivity contribution in [1.29, 1.82) is 0 Å². The number of carbonyl (C=O) groups excluding carboxylic acids is 3. The maximum absolute atomic E-state index is 17.4. The van der Waals surface area contributed by atoms with E-state index in [0.717, 1.165) is 0 Å². The number of rotatable bonds is 6. The molecule has 0 bridgehead atoms. The summed E-state index contributed by atoms with van der Waals surface area (Å²) in [7, 11) is 0. The molecule has 7 atom stereocenters. The third kappa shape index (κ3) is 4.31. The van der Waals surface area contributed by atoms with Crippen LogP contribution in [0, 0.1) is 22.7 Å². The van der Waals surface area contributed by atoms with Gasteiger partial charge in [0.1, 0.15) is 17.2 Å². The number of ketones is 1. The summed E-state index contributed by atoms with van der Waals surface area (Å²) in [5, 5.41) is 31.9. The Bertz CT molecular complexity index is 1680. The molecule has 0 heterocycles. The molecule has 236 valence electrons. The number of carboxylic acid groups (broad SMARTS) is 1. The second kappa shape index (κ2) is 10.3. The van der Waals surface area contributed by atoms with Crippen molar-refractivity contribution in [2.24, 2.45) is 28.4 Å². The molecule has 2 aromatic carbocycles. The molecule has 4 aliphatic carbocycles. The van der Waals surface area contributed by atoms with E-state index in [2.05, 4.69) is 0 Å². The molecule has 4 aliphatic rings. The zero-order valence-corrected chi connectivity index (χ0v) is 24.8. The number of hydrogen-bond acceptors (Lipinski definition) is 8. The fraction of sp³-hybridized carbons (Fsp3) is 0.412. The predicted molar refractivity (Wildman–Crippen MR) is 157 cm³/mol. The molecule has 10 nitrogen and oxygen atoms in total. The van der Waals surface area contributed by atoms with Crippen molar-refractivity contribution in [3.63, 3.8) is 0 Å². The molecular formula is C34H34FNO9. The van der Waals surface area contributed by atoms with Crippen molar-refractivity contribution in [3.05, 3.63) is 77.4 Å². The first-order chi connectivity index (χ1) is 21.2. The van der Waals surface area contributed by atoms with Crippen LogP contribution < -0.4 is 10.5 Å². The number of ether oxygens (including phenoxy) is 2. The number of fused-ring (bicyclic) bond motifs is 5. The number of halogens is 1. The van der Waals surface area contributed by atoms with Gasteiger partial charge in [-0.25, -0.2) is 14.0 Å². The smallest absolute Gasteiger partial charge is 0.348 e. The molecule has 1 unspecified atom stereocenters. The van der Waals surface area contributed by atoms with E-state index < -0.39 is 57.9 Å². The summed E-state index contributed by atoms with van der Waals surface area (Å²) in [5.74, 6) is -4.36. The Morgan fingerprint density at radius 2 is 1.71 bits per heavy atom. The molecule has 45 heavy (non-hydrogen) atoms. The third-order valence-electron chi connectivity index (χ3n) is 10.9.